The molecule has 4 nitrogen and oxygen atoms in total. The van der Waals surface area contributed by atoms with E-state index in [1.807, 2.05) is 55.5 Å². The van der Waals surface area contributed by atoms with Crippen molar-refractivity contribution < 1.29 is 9.59 Å². The van der Waals surface area contributed by atoms with Gasteiger partial charge in [-0.1, -0.05) is 67.6 Å². The lowest BCUT2D eigenvalue weighted by atomic mass is 10.1. The fourth-order valence-electron chi connectivity index (χ4n) is 2.98. The zero-order chi connectivity index (χ0) is 19.5. The van der Waals surface area contributed by atoms with Gasteiger partial charge in [0.2, 0.25) is 11.8 Å². The van der Waals surface area contributed by atoms with Gasteiger partial charge < -0.3 is 10.2 Å². The zero-order valence-electron chi connectivity index (χ0n) is 16.1. The van der Waals surface area contributed by atoms with E-state index >= 15 is 0 Å². The van der Waals surface area contributed by atoms with Gasteiger partial charge in [0.25, 0.3) is 0 Å². The van der Waals surface area contributed by atoms with E-state index in [0.717, 1.165) is 12.2 Å². The number of benzene rings is 2. The zero-order valence-corrected chi connectivity index (χ0v) is 16.9. The highest BCUT2D eigenvalue weighted by Gasteiger charge is 2.27. The average Bonchev–Trinajstić information content (AvgIpc) is 2.72. The van der Waals surface area contributed by atoms with Gasteiger partial charge in [0.15, 0.2) is 0 Å². The van der Waals surface area contributed by atoms with E-state index in [2.05, 4.69) is 17.4 Å². The first-order valence-corrected chi connectivity index (χ1v) is 10.5. The maximum absolute atomic E-state index is 12.9. The van der Waals surface area contributed by atoms with Gasteiger partial charge >= 0.3 is 0 Å². The Balaban J connectivity index is 2.00. The molecule has 0 aliphatic carbocycles. The van der Waals surface area contributed by atoms with Crippen LogP contribution in [0.3, 0.4) is 0 Å². The van der Waals surface area contributed by atoms with Crippen LogP contribution in [0.4, 0.5) is 0 Å². The van der Waals surface area contributed by atoms with E-state index in [1.54, 1.807) is 23.7 Å². The van der Waals surface area contributed by atoms with Crippen molar-refractivity contribution in [3.05, 3.63) is 71.8 Å². The van der Waals surface area contributed by atoms with E-state index < -0.39 is 6.04 Å². The second kappa shape index (κ2) is 11.4. The predicted octanol–water partition coefficient (Wildman–Crippen LogP) is 3.52. The Kier molecular flexibility index (Phi) is 8.92. The van der Waals surface area contributed by atoms with Crippen LogP contribution in [-0.4, -0.2) is 42.1 Å². The second-order valence-electron chi connectivity index (χ2n) is 6.34. The van der Waals surface area contributed by atoms with E-state index in [1.165, 1.54) is 11.1 Å². The van der Waals surface area contributed by atoms with Gasteiger partial charge in [-0.15, -0.1) is 11.8 Å². The summed E-state index contributed by atoms with van der Waals surface area (Å²) in [5.74, 6) is 1.07. The molecule has 1 unspecified atom stereocenters. The first kappa shape index (κ1) is 21.0. The minimum absolute atomic E-state index is 0.0160. The molecule has 0 aromatic heterocycles. The van der Waals surface area contributed by atoms with Gasteiger partial charge in [-0.2, -0.15) is 0 Å². The van der Waals surface area contributed by atoms with Crippen LogP contribution < -0.4 is 5.32 Å². The van der Waals surface area contributed by atoms with Crippen LogP contribution in [0.15, 0.2) is 60.7 Å². The normalized spacial score (nSPS) is 11.6. The number of nitrogens with one attached hydrogen (secondary N) is 1. The lowest BCUT2D eigenvalue weighted by Crippen LogP contribution is -2.50. The number of hydrogen-bond donors (Lipinski definition) is 1. The third-order valence-electron chi connectivity index (χ3n) is 4.45. The van der Waals surface area contributed by atoms with Crippen molar-refractivity contribution in [2.45, 2.75) is 31.6 Å². The summed E-state index contributed by atoms with van der Waals surface area (Å²) in [5, 5.41) is 2.69. The number of rotatable bonds is 10. The number of carbonyl (C=O) groups is 2. The molecule has 1 N–H and O–H groups in total. The van der Waals surface area contributed by atoms with Crippen molar-refractivity contribution in [3.8, 4) is 0 Å². The summed E-state index contributed by atoms with van der Waals surface area (Å²) in [7, 11) is 1.62. The van der Waals surface area contributed by atoms with Gasteiger partial charge in [-0.25, -0.2) is 0 Å². The molecule has 0 aliphatic heterocycles. The highest BCUT2D eigenvalue weighted by molar-refractivity contribution is 7.99. The summed E-state index contributed by atoms with van der Waals surface area (Å²) < 4.78 is 0. The quantitative estimate of drug-likeness (QED) is 0.682. The van der Waals surface area contributed by atoms with Gasteiger partial charge in [-0.3, -0.25) is 9.59 Å². The lowest BCUT2D eigenvalue weighted by molar-refractivity contribution is -0.138. The first-order valence-electron chi connectivity index (χ1n) is 9.32. The van der Waals surface area contributed by atoms with Crippen molar-refractivity contribution in [2.24, 2.45) is 0 Å². The Morgan fingerprint density at radius 1 is 1.00 bits per heavy atom. The standard InChI is InChI=1S/C22H28N2O2S/c1-3-20(22(26)23-2)24(15-14-18-10-6-4-7-11-18)21(25)17-27-16-19-12-8-5-9-13-19/h4-13,20H,3,14-17H2,1-2H3,(H,23,26). The van der Waals surface area contributed by atoms with Gasteiger partial charge in [-0.05, 0) is 24.0 Å². The molecule has 0 saturated carbocycles. The Bertz CT molecular complexity index is 707. The van der Waals surface area contributed by atoms with Gasteiger partial charge in [0.05, 0.1) is 5.75 Å². The Labute approximate surface area is 166 Å². The Morgan fingerprint density at radius 3 is 2.15 bits per heavy atom. The number of carbonyl (C=O) groups excluding carboxylic acids is 2. The fraction of sp³-hybridized carbons (Fsp3) is 0.364. The van der Waals surface area contributed by atoms with E-state index in [0.29, 0.717) is 18.7 Å². The van der Waals surface area contributed by atoms with Crippen LogP contribution >= 0.6 is 11.8 Å². The van der Waals surface area contributed by atoms with Gasteiger partial charge in [0, 0.05) is 19.3 Å². The van der Waals surface area contributed by atoms with Crippen molar-refractivity contribution in [1.82, 2.24) is 10.2 Å². The number of nitrogens with zero attached hydrogens (tertiary/aromatic N) is 1. The van der Waals surface area contributed by atoms with Crippen LogP contribution in [0, 0.1) is 0 Å². The number of likely N-dealkylation sites (N-methyl/N-ethyl adjacent to an activating group) is 1. The molecule has 0 bridgehead atoms. The molecule has 2 rings (SSSR count). The summed E-state index contributed by atoms with van der Waals surface area (Å²) in [6, 6.07) is 19.7. The molecule has 0 fully saturated rings. The second-order valence-corrected chi connectivity index (χ2v) is 7.33. The Morgan fingerprint density at radius 2 is 1.59 bits per heavy atom. The van der Waals surface area contributed by atoms with Crippen molar-refractivity contribution in [1.29, 1.82) is 0 Å². The molecule has 27 heavy (non-hydrogen) atoms. The molecular formula is C22H28N2O2S. The van der Waals surface area contributed by atoms with E-state index in [9.17, 15) is 9.59 Å². The van der Waals surface area contributed by atoms with Crippen molar-refractivity contribution in [2.75, 3.05) is 19.3 Å². The van der Waals surface area contributed by atoms with Gasteiger partial charge in [0.1, 0.15) is 6.04 Å². The van der Waals surface area contributed by atoms with Crippen LogP contribution in [0.25, 0.3) is 0 Å². The Hall–Kier alpha value is -2.27. The summed E-state index contributed by atoms with van der Waals surface area (Å²) >= 11 is 1.59. The molecule has 0 aliphatic rings. The lowest BCUT2D eigenvalue weighted by Gasteiger charge is -2.30. The molecular weight excluding hydrogens is 356 g/mol. The first-order chi connectivity index (χ1) is 13.2. The topological polar surface area (TPSA) is 49.4 Å². The SMILES string of the molecule is CCC(C(=O)NC)N(CCc1ccccc1)C(=O)CSCc1ccccc1. The predicted molar refractivity (Wildman–Crippen MR) is 113 cm³/mol. The minimum atomic E-state index is -0.427. The van der Waals surface area contributed by atoms with E-state index in [4.69, 9.17) is 0 Å². The molecule has 0 radical (unpaired) electrons. The molecule has 0 saturated heterocycles. The number of hydrogen-bond acceptors (Lipinski definition) is 3. The average molecular weight is 385 g/mol. The molecule has 2 aromatic carbocycles. The summed E-state index contributed by atoms with van der Waals surface area (Å²) in [5.41, 5.74) is 2.36. The molecule has 0 heterocycles. The maximum Gasteiger partial charge on any atom is 0.242 e. The largest absolute Gasteiger partial charge is 0.357 e. The maximum atomic E-state index is 12.9. The summed E-state index contributed by atoms with van der Waals surface area (Å²) in [4.78, 5) is 26.9. The molecule has 144 valence electrons. The minimum Gasteiger partial charge on any atom is -0.357 e. The molecule has 2 amide bonds. The monoisotopic (exact) mass is 384 g/mol. The number of amides is 2. The van der Waals surface area contributed by atoms with Crippen molar-refractivity contribution in [3.63, 3.8) is 0 Å². The third kappa shape index (κ3) is 6.75. The van der Waals surface area contributed by atoms with Crippen LogP contribution in [0.5, 0.6) is 0 Å². The number of thioether (sulfide) groups is 1. The highest BCUT2D eigenvalue weighted by Crippen LogP contribution is 2.15. The highest BCUT2D eigenvalue weighted by atomic mass is 32.2. The fourth-order valence-corrected chi connectivity index (χ4v) is 3.85. The van der Waals surface area contributed by atoms with Crippen LogP contribution in [0.2, 0.25) is 0 Å². The molecule has 2 aromatic rings. The van der Waals surface area contributed by atoms with Crippen LogP contribution in [0.1, 0.15) is 24.5 Å². The smallest absolute Gasteiger partial charge is 0.242 e. The molecule has 1 atom stereocenters. The molecule has 5 heteroatoms. The summed E-state index contributed by atoms with van der Waals surface area (Å²) in [6.45, 7) is 2.49. The third-order valence-corrected chi connectivity index (χ3v) is 5.44. The van der Waals surface area contributed by atoms with Crippen LogP contribution in [-0.2, 0) is 21.8 Å². The van der Waals surface area contributed by atoms with E-state index in [-0.39, 0.29) is 11.8 Å². The molecule has 0 spiro atoms. The van der Waals surface area contributed by atoms with Crippen molar-refractivity contribution >= 4 is 23.6 Å². The summed E-state index contributed by atoms with van der Waals surface area (Å²) in [6.07, 6.45) is 1.34.